The lowest BCUT2D eigenvalue weighted by molar-refractivity contribution is 0.101. The van der Waals surface area contributed by atoms with Crippen LogP contribution in [0.5, 0.6) is 0 Å². The third kappa shape index (κ3) is 1.91. The number of benzene rings is 1. The van der Waals surface area contributed by atoms with Crippen molar-refractivity contribution in [1.29, 1.82) is 0 Å². The maximum absolute atomic E-state index is 11.8. The molecule has 2 aromatic rings. The fourth-order valence-electron chi connectivity index (χ4n) is 2.01. The zero-order valence-electron chi connectivity index (χ0n) is 9.84. The van der Waals surface area contributed by atoms with Crippen molar-refractivity contribution in [1.82, 2.24) is 5.16 Å². The third-order valence-electron chi connectivity index (χ3n) is 3.00. The smallest absolute Gasteiger partial charge is 0.324 e. The maximum Gasteiger partial charge on any atom is 0.324 e. The molecule has 1 aromatic heterocycles. The zero-order valence-corrected chi connectivity index (χ0v) is 9.84. The molecule has 0 radical (unpaired) electrons. The molecule has 0 bridgehead atoms. The lowest BCUT2D eigenvalue weighted by atomic mass is 9.64. The van der Waals surface area contributed by atoms with Crippen LogP contribution >= 0.6 is 0 Å². The summed E-state index contributed by atoms with van der Waals surface area (Å²) >= 11 is 0. The second-order valence-electron chi connectivity index (χ2n) is 4.21. The number of carbonyl (C=O) groups is 1. The lowest BCUT2D eigenvalue weighted by Crippen LogP contribution is -2.25. The summed E-state index contributed by atoms with van der Waals surface area (Å²) < 4.78 is 10.1. The number of hydrogen-bond donors (Lipinski definition) is 1. The first kappa shape index (κ1) is 11.0. The van der Waals surface area contributed by atoms with Gasteiger partial charge >= 0.3 is 6.92 Å². The van der Waals surface area contributed by atoms with Crippen molar-refractivity contribution in [3.63, 3.8) is 0 Å². The highest BCUT2D eigenvalue weighted by Crippen LogP contribution is 2.15. The second-order valence-corrected chi connectivity index (χ2v) is 4.21. The fourth-order valence-corrected chi connectivity index (χ4v) is 2.01. The van der Waals surface area contributed by atoms with Crippen molar-refractivity contribution in [2.45, 2.75) is 13.4 Å². The Hall–Kier alpha value is -2.08. The zero-order chi connectivity index (χ0) is 12.5. The van der Waals surface area contributed by atoms with Crippen molar-refractivity contribution in [2.24, 2.45) is 0 Å². The van der Waals surface area contributed by atoms with Crippen LogP contribution in [0.15, 0.2) is 35.1 Å². The fraction of sp³-hybridized carbons (Fsp3) is 0.167. The van der Waals surface area contributed by atoms with Crippen LogP contribution in [0.3, 0.4) is 0 Å². The van der Waals surface area contributed by atoms with Crippen molar-refractivity contribution < 1.29 is 14.0 Å². The summed E-state index contributed by atoms with van der Waals surface area (Å²) in [6.45, 7) is 2.70. The van der Waals surface area contributed by atoms with E-state index in [-0.39, 0.29) is 18.5 Å². The molecule has 0 saturated heterocycles. The molecule has 6 heteroatoms. The van der Waals surface area contributed by atoms with Crippen molar-refractivity contribution in [2.75, 3.05) is 5.32 Å². The van der Waals surface area contributed by atoms with E-state index in [4.69, 9.17) is 4.65 Å². The number of anilines is 1. The minimum Gasteiger partial charge on any atom is -0.427 e. The monoisotopic (exact) mass is 242 g/mol. The van der Waals surface area contributed by atoms with Gasteiger partial charge in [-0.1, -0.05) is 18.0 Å². The molecular formula is C12H11BN2O3. The first-order valence-electron chi connectivity index (χ1n) is 5.70. The van der Waals surface area contributed by atoms with Crippen molar-refractivity contribution in [3.8, 4) is 0 Å². The number of fused-ring (bicyclic) bond motifs is 1. The molecule has 3 rings (SSSR count). The van der Waals surface area contributed by atoms with Crippen molar-refractivity contribution >= 4 is 24.0 Å². The predicted molar refractivity (Wildman–Crippen MR) is 66.9 cm³/mol. The van der Waals surface area contributed by atoms with Gasteiger partial charge in [-0.3, -0.25) is 4.79 Å². The Kier molecular flexibility index (Phi) is 2.64. The van der Waals surface area contributed by atoms with Gasteiger partial charge in [0.2, 0.25) is 0 Å². The second kappa shape index (κ2) is 4.31. The Morgan fingerprint density at radius 1 is 1.44 bits per heavy atom. The van der Waals surface area contributed by atoms with E-state index in [0.29, 0.717) is 6.61 Å². The standard InChI is InChI=1S/C12H11BN2O3/c1-13-10-6-9(3-2-8(10)7-17-13)14-12(16)11-4-5-18-15-11/h2-6H,7H2,1H3,(H,14,16). The highest BCUT2D eigenvalue weighted by Gasteiger charge is 2.23. The van der Waals surface area contributed by atoms with E-state index in [2.05, 4.69) is 15.0 Å². The highest BCUT2D eigenvalue weighted by atomic mass is 16.5. The average Bonchev–Trinajstić information content (AvgIpc) is 3.00. The Labute approximate surface area is 104 Å². The molecule has 0 unspecified atom stereocenters. The van der Waals surface area contributed by atoms with Crippen LogP contribution in [-0.2, 0) is 11.3 Å². The average molecular weight is 242 g/mol. The SMILES string of the molecule is CB1OCc2ccc(NC(=O)c3ccon3)cc21. The maximum atomic E-state index is 11.8. The molecule has 1 aromatic carbocycles. The van der Waals surface area contributed by atoms with Gasteiger partial charge in [-0.15, -0.1) is 0 Å². The number of nitrogens with zero attached hydrogens (tertiary/aromatic N) is 1. The molecule has 0 saturated carbocycles. The van der Waals surface area contributed by atoms with E-state index in [1.165, 1.54) is 17.9 Å². The summed E-state index contributed by atoms with van der Waals surface area (Å²) in [4.78, 5) is 11.8. The minimum atomic E-state index is -0.282. The van der Waals surface area contributed by atoms with Crippen LogP contribution in [0.25, 0.3) is 0 Å². The number of hydrogen-bond acceptors (Lipinski definition) is 4. The number of carbonyl (C=O) groups excluding carboxylic acids is 1. The Balaban J connectivity index is 1.82. The van der Waals surface area contributed by atoms with Crippen LogP contribution in [0.1, 0.15) is 16.1 Å². The quantitative estimate of drug-likeness (QED) is 0.805. The molecule has 1 aliphatic rings. The Morgan fingerprint density at radius 3 is 3.11 bits per heavy atom. The van der Waals surface area contributed by atoms with Gasteiger partial charge in [0.05, 0.1) is 6.61 Å². The summed E-state index contributed by atoms with van der Waals surface area (Å²) in [5.74, 6) is -0.282. The van der Waals surface area contributed by atoms with E-state index >= 15 is 0 Å². The number of rotatable bonds is 2. The molecule has 1 amide bonds. The number of amides is 1. The Morgan fingerprint density at radius 2 is 2.33 bits per heavy atom. The van der Waals surface area contributed by atoms with Crippen LogP contribution in [0.2, 0.25) is 6.82 Å². The number of aromatic nitrogens is 1. The molecule has 0 fully saturated rings. The molecule has 0 atom stereocenters. The molecule has 90 valence electrons. The summed E-state index contributed by atoms with van der Waals surface area (Å²) in [5, 5.41) is 6.37. The first-order valence-corrected chi connectivity index (χ1v) is 5.70. The molecule has 1 N–H and O–H groups in total. The molecular weight excluding hydrogens is 231 g/mol. The summed E-state index contributed by atoms with van der Waals surface area (Å²) in [5.41, 5.74) is 3.29. The summed E-state index contributed by atoms with van der Waals surface area (Å²) in [7, 11) is 0. The Bertz CT molecular complexity index is 583. The normalized spacial score (nSPS) is 13.5. The van der Waals surface area contributed by atoms with Crippen LogP contribution in [-0.4, -0.2) is 18.0 Å². The molecule has 1 aliphatic heterocycles. The van der Waals surface area contributed by atoms with Crippen LogP contribution in [0, 0.1) is 0 Å². The molecule has 0 spiro atoms. The van der Waals surface area contributed by atoms with E-state index in [9.17, 15) is 4.79 Å². The van der Waals surface area contributed by atoms with Crippen LogP contribution in [0.4, 0.5) is 5.69 Å². The van der Waals surface area contributed by atoms with E-state index in [1.54, 1.807) is 0 Å². The molecule has 0 aliphatic carbocycles. The molecule has 2 heterocycles. The van der Waals surface area contributed by atoms with Crippen molar-refractivity contribution in [3.05, 3.63) is 41.8 Å². The van der Waals surface area contributed by atoms with Gasteiger partial charge in [0, 0.05) is 11.8 Å². The van der Waals surface area contributed by atoms with Gasteiger partial charge in [-0.25, -0.2) is 0 Å². The summed E-state index contributed by atoms with van der Waals surface area (Å²) in [6.07, 6.45) is 1.37. The van der Waals surface area contributed by atoms with E-state index in [0.717, 1.165) is 11.2 Å². The van der Waals surface area contributed by atoms with Gasteiger partial charge in [0.25, 0.3) is 5.91 Å². The number of nitrogens with one attached hydrogen (secondary N) is 1. The van der Waals surface area contributed by atoms with Gasteiger partial charge in [0.1, 0.15) is 6.26 Å². The molecule has 18 heavy (non-hydrogen) atoms. The lowest BCUT2D eigenvalue weighted by Gasteiger charge is -2.06. The van der Waals surface area contributed by atoms with E-state index in [1.807, 2.05) is 25.0 Å². The largest absolute Gasteiger partial charge is 0.427 e. The van der Waals surface area contributed by atoms with E-state index < -0.39 is 0 Å². The highest BCUT2D eigenvalue weighted by molar-refractivity contribution is 6.67. The third-order valence-corrected chi connectivity index (χ3v) is 3.00. The first-order chi connectivity index (χ1) is 8.74. The van der Waals surface area contributed by atoms with Gasteiger partial charge in [-0.2, -0.15) is 0 Å². The predicted octanol–water partition coefficient (Wildman–Crippen LogP) is 1.29. The minimum absolute atomic E-state index is 0.0731. The molecule has 5 nitrogen and oxygen atoms in total. The summed E-state index contributed by atoms with van der Waals surface area (Å²) in [6, 6.07) is 7.29. The van der Waals surface area contributed by atoms with Gasteiger partial charge < -0.3 is 14.5 Å². The van der Waals surface area contributed by atoms with Gasteiger partial charge in [-0.05, 0) is 23.2 Å². The van der Waals surface area contributed by atoms with Gasteiger partial charge in [0.15, 0.2) is 5.69 Å². The topological polar surface area (TPSA) is 64.4 Å². The van der Waals surface area contributed by atoms with Crippen LogP contribution < -0.4 is 10.8 Å².